The van der Waals surface area contributed by atoms with Gasteiger partial charge in [-0.3, -0.25) is 15.0 Å². The second-order valence-electron chi connectivity index (χ2n) is 10.2. The van der Waals surface area contributed by atoms with Crippen LogP contribution < -0.4 is 10.6 Å². The van der Waals surface area contributed by atoms with Crippen LogP contribution in [0.25, 0.3) is 0 Å². The van der Waals surface area contributed by atoms with Crippen molar-refractivity contribution in [3.05, 3.63) is 0 Å². The molecule has 1 aliphatic heterocycles. The van der Waals surface area contributed by atoms with Gasteiger partial charge in [-0.1, -0.05) is 13.8 Å². The van der Waals surface area contributed by atoms with Gasteiger partial charge in [0.25, 0.3) is 0 Å². The fourth-order valence-electron chi connectivity index (χ4n) is 6.95. The minimum absolute atomic E-state index is 0.0451. The maximum absolute atomic E-state index is 12.6. The van der Waals surface area contributed by atoms with E-state index in [1.807, 2.05) is 6.92 Å². The van der Waals surface area contributed by atoms with Gasteiger partial charge in [-0.15, -0.1) is 0 Å². The number of hydrogen-bond donors (Lipinski definition) is 2. The number of hydrogen-bond acceptors (Lipinski definition) is 3. The molecule has 4 saturated carbocycles. The molecule has 3 atom stereocenters. The topological polar surface area (TPSA) is 61.4 Å². The number of urea groups is 1. The first-order chi connectivity index (χ1) is 12.3. The van der Waals surface area contributed by atoms with Crippen molar-refractivity contribution in [2.45, 2.75) is 77.3 Å². The maximum Gasteiger partial charge on any atom is 0.321 e. The fourth-order valence-corrected chi connectivity index (χ4v) is 6.95. The zero-order valence-corrected chi connectivity index (χ0v) is 16.6. The number of rotatable bonds is 3. The molecule has 1 saturated heterocycles. The lowest BCUT2D eigenvalue weighted by molar-refractivity contribution is -0.125. The van der Waals surface area contributed by atoms with E-state index < -0.39 is 0 Å². The van der Waals surface area contributed by atoms with E-state index in [1.165, 1.54) is 25.7 Å². The Morgan fingerprint density at radius 3 is 1.92 bits per heavy atom. The highest BCUT2D eigenvalue weighted by Crippen LogP contribution is 2.55. The molecule has 5 fully saturated rings. The highest BCUT2D eigenvalue weighted by atomic mass is 16.2. The standard InChI is InChI=1S/C21H35N3O2/c1-13-4-14(2)12-24(11-13)15(3)19(25)22-20(26)23-21-8-16-5-17(9-21)7-18(6-16)10-21/h13-18H,4-12H2,1-3H3,(H2,22,23,25,26). The molecule has 5 rings (SSSR count). The van der Waals surface area contributed by atoms with E-state index in [0.717, 1.165) is 50.1 Å². The molecule has 5 nitrogen and oxygen atoms in total. The highest BCUT2D eigenvalue weighted by molar-refractivity contribution is 5.97. The van der Waals surface area contributed by atoms with Crippen LogP contribution in [0.3, 0.4) is 0 Å². The summed E-state index contributed by atoms with van der Waals surface area (Å²) >= 11 is 0. The first-order valence-electron chi connectivity index (χ1n) is 10.7. The van der Waals surface area contributed by atoms with Gasteiger partial charge in [0.05, 0.1) is 6.04 Å². The van der Waals surface area contributed by atoms with Crippen LogP contribution in [0, 0.1) is 29.6 Å². The van der Waals surface area contributed by atoms with Gasteiger partial charge in [0.1, 0.15) is 0 Å². The molecule has 4 aliphatic carbocycles. The van der Waals surface area contributed by atoms with Crippen LogP contribution in [0.5, 0.6) is 0 Å². The SMILES string of the molecule is CC1CC(C)CN(C(C)C(=O)NC(=O)NC23CC4CC(CC(C4)C2)C3)C1. The Kier molecular flexibility index (Phi) is 4.79. The van der Waals surface area contributed by atoms with Crippen molar-refractivity contribution in [3.63, 3.8) is 0 Å². The van der Waals surface area contributed by atoms with E-state index in [-0.39, 0.29) is 23.5 Å². The molecule has 0 radical (unpaired) electrons. The Morgan fingerprint density at radius 1 is 0.923 bits per heavy atom. The number of carbonyl (C=O) groups is 2. The smallest absolute Gasteiger partial charge is 0.321 e. The van der Waals surface area contributed by atoms with Crippen molar-refractivity contribution in [1.82, 2.24) is 15.5 Å². The third-order valence-electron chi connectivity index (χ3n) is 7.48. The third-order valence-corrected chi connectivity index (χ3v) is 7.48. The Hall–Kier alpha value is -1.10. The minimum atomic E-state index is -0.276. The zero-order valence-electron chi connectivity index (χ0n) is 16.6. The Morgan fingerprint density at radius 2 is 1.42 bits per heavy atom. The van der Waals surface area contributed by atoms with E-state index in [1.54, 1.807) is 0 Å². The third kappa shape index (κ3) is 3.64. The summed E-state index contributed by atoms with van der Waals surface area (Å²) in [6.45, 7) is 8.29. The van der Waals surface area contributed by atoms with E-state index in [0.29, 0.717) is 11.8 Å². The van der Waals surface area contributed by atoms with E-state index in [2.05, 4.69) is 29.4 Å². The molecule has 0 aromatic carbocycles. The van der Waals surface area contributed by atoms with Crippen molar-refractivity contribution in [1.29, 1.82) is 0 Å². The molecule has 5 aliphatic rings. The number of piperidine rings is 1. The highest BCUT2D eigenvalue weighted by Gasteiger charge is 2.51. The van der Waals surface area contributed by atoms with Gasteiger partial charge >= 0.3 is 6.03 Å². The second-order valence-corrected chi connectivity index (χ2v) is 10.2. The van der Waals surface area contributed by atoms with Crippen LogP contribution in [0.4, 0.5) is 4.79 Å². The Bertz CT molecular complexity index is 530. The maximum atomic E-state index is 12.6. The molecule has 5 heteroatoms. The molecule has 0 spiro atoms. The molecule has 2 N–H and O–H groups in total. The van der Waals surface area contributed by atoms with Crippen LogP contribution in [0.1, 0.15) is 65.7 Å². The number of imide groups is 1. The summed E-state index contributed by atoms with van der Waals surface area (Å²) < 4.78 is 0. The van der Waals surface area contributed by atoms with Crippen LogP contribution in [-0.2, 0) is 4.79 Å². The molecule has 1 heterocycles. The van der Waals surface area contributed by atoms with Gasteiger partial charge in [-0.25, -0.2) is 4.79 Å². The number of likely N-dealkylation sites (tertiary alicyclic amines) is 1. The number of carbonyl (C=O) groups excluding carboxylic acids is 2. The summed E-state index contributed by atoms with van der Waals surface area (Å²) in [6.07, 6.45) is 8.60. The normalized spacial score (nSPS) is 43.1. The molecule has 4 bridgehead atoms. The Balaban J connectivity index is 1.32. The molecule has 146 valence electrons. The number of amides is 3. The minimum Gasteiger partial charge on any atom is -0.332 e. The van der Waals surface area contributed by atoms with Crippen molar-refractivity contribution >= 4 is 11.9 Å². The molecular weight excluding hydrogens is 326 g/mol. The zero-order chi connectivity index (χ0) is 18.5. The van der Waals surface area contributed by atoms with Crippen molar-refractivity contribution in [2.75, 3.05) is 13.1 Å². The molecule has 3 amide bonds. The van der Waals surface area contributed by atoms with E-state index >= 15 is 0 Å². The molecule has 0 aromatic rings. The van der Waals surface area contributed by atoms with Crippen LogP contribution in [0.15, 0.2) is 0 Å². The van der Waals surface area contributed by atoms with Gasteiger partial charge in [-0.2, -0.15) is 0 Å². The van der Waals surface area contributed by atoms with Crippen LogP contribution in [-0.4, -0.2) is 41.5 Å². The van der Waals surface area contributed by atoms with Crippen molar-refractivity contribution < 1.29 is 9.59 Å². The van der Waals surface area contributed by atoms with Gasteiger partial charge in [0, 0.05) is 18.6 Å². The summed E-state index contributed by atoms with van der Waals surface area (Å²) in [6, 6.07) is -0.524. The van der Waals surface area contributed by atoms with Gasteiger partial charge < -0.3 is 5.32 Å². The predicted molar refractivity (Wildman–Crippen MR) is 102 cm³/mol. The molecular formula is C21H35N3O2. The van der Waals surface area contributed by atoms with Crippen LogP contribution in [0.2, 0.25) is 0 Å². The summed E-state index contributed by atoms with van der Waals surface area (Å²) in [7, 11) is 0. The average molecular weight is 362 g/mol. The van der Waals surface area contributed by atoms with Crippen molar-refractivity contribution in [3.8, 4) is 0 Å². The Labute approximate surface area is 157 Å². The van der Waals surface area contributed by atoms with Gasteiger partial charge in [0.15, 0.2) is 0 Å². The largest absolute Gasteiger partial charge is 0.332 e. The summed E-state index contributed by atoms with van der Waals surface area (Å²) in [5.74, 6) is 3.41. The monoisotopic (exact) mass is 361 g/mol. The first kappa shape index (κ1) is 18.3. The van der Waals surface area contributed by atoms with Crippen LogP contribution >= 0.6 is 0 Å². The lowest BCUT2D eigenvalue weighted by Gasteiger charge is -2.56. The number of nitrogens with zero attached hydrogens (tertiary/aromatic N) is 1. The lowest BCUT2D eigenvalue weighted by atomic mass is 9.53. The molecule has 3 unspecified atom stereocenters. The fraction of sp³-hybridized carbons (Fsp3) is 0.905. The second kappa shape index (κ2) is 6.81. The summed E-state index contributed by atoms with van der Waals surface area (Å²) in [4.78, 5) is 27.5. The van der Waals surface area contributed by atoms with Crippen molar-refractivity contribution in [2.24, 2.45) is 29.6 Å². The van der Waals surface area contributed by atoms with Gasteiger partial charge in [0.2, 0.25) is 5.91 Å². The van der Waals surface area contributed by atoms with Gasteiger partial charge in [-0.05, 0) is 81.5 Å². The van der Waals surface area contributed by atoms with E-state index in [4.69, 9.17) is 0 Å². The number of nitrogens with one attached hydrogen (secondary N) is 2. The molecule has 0 aromatic heterocycles. The lowest BCUT2D eigenvalue weighted by Crippen LogP contribution is -2.62. The molecule has 26 heavy (non-hydrogen) atoms. The van der Waals surface area contributed by atoms with E-state index in [9.17, 15) is 9.59 Å². The summed E-state index contributed by atoms with van der Waals surface area (Å²) in [5.41, 5.74) is -0.0451. The first-order valence-corrected chi connectivity index (χ1v) is 10.7. The predicted octanol–water partition coefficient (Wildman–Crippen LogP) is 3.15. The summed E-state index contributed by atoms with van der Waals surface area (Å²) in [5, 5.41) is 5.89. The average Bonchev–Trinajstić information content (AvgIpc) is 2.51. The quantitative estimate of drug-likeness (QED) is 0.812.